The fourth-order valence-corrected chi connectivity index (χ4v) is 2.51. The van der Waals surface area contributed by atoms with Crippen LogP contribution >= 0.6 is 23.2 Å². The predicted octanol–water partition coefficient (Wildman–Crippen LogP) is 5.25. The molecule has 0 spiro atoms. The molecular weight excluding hydrogens is 369 g/mol. The summed E-state index contributed by atoms with van der Waals surface area (Å²) in [5, 5.41) is 3.76. The largest absolute Gasteiger partial charge is 0.352 e. The summed E-state index contributed by atoms with van der Waals surface area (Å²) in [7, 11) is 0. The summed E-state index contributed by atoms with van der Waals surface area (Å²) in [4.78, 5) is 18.3. The van der Waals surface area contributed by atoms with Gasteiger partial charge in [0.15, 0.2) is 0 Å². The van der Waals surface area contributed by atoms with Crippen LogP contribution in [0.2, 0.25) is 10.0 Å². The first-order valence-corrected chi connectivity index (χ1v) is 8.75. The van der Waals surface area contributed by atoms with E-state index in [0.717, 1.165) is 28.9 Å². The van der Waals surface area contributed by atoms with Crippen LogP contribution in [0.4, 0.5) is 0 Å². The summed E-state index contributed by atoms with van der Waals surface area (Å²) in [5.41, 5.74) is 3.83. The van der Waals surface area contributed by atoms with E-state index < -0.39 is 0 Å². The van der Waals surface area contributed by atoms with Crippen LogP contribution in [-0.4, -0.2) is 16.4 Å². The van der Waals surface area contributed by atoms with Gasteiger partial charge in [-0.15, -0.1) is 0 Å². The van der Waals surface area contributed by atoms with Gasteiger partial charge in [-0.25, -0.2) is 9.97 Å². The summed E-state index contributed by atoms with van der Waals surface area (Å²) in [6.45, 7) is 3.87. The number of nitrogens with zero attached hydrogens (tertiary/aromatic N) is 2. The SMILES string of the molecule is CC(NC=O)c1ccccc1.Cc1cc(-c2ccc(Cl)c(Cl)c2)ncn1. The standard InChI is InChI=1S/C11H8Cl2N2.C9H11NO/c1-7-4-11(15-6-14-7)8-2-3-9(12)10(13)5-8;1-8(10-7-11)9-5-3-2-4-6-9/h2-6H,1H3;2-8H,1H3,(H,10,11). The average molecular weight is 388 g/mol. The van der Waals surface area contributed by atoms with Gasteiger partial charge in [-0.05, 0) is 37.6 Å². The van der Waals surface area contributed by atoms with Crippen molar-refractivity contribution in [3.8, 4) is 11.3 Å². The Labute approximate surface area is 163 Å². The van der Waals surface area contributed by atoms with E-state index in [1.54, 1.807) is 12.1 Å². The number of carbonyl (C=O) groups excluding carboxylic acids is 1. The molecule has 3 rings (SSSR count). The van der Waals surface area contributed by atoms with E-state index in [0.29, 0.717) is 10.0 Å². The maximum atomic E-state index is 10.1. The first-order chi connectivity index (χ1) is 12.5. The summed E-state index contributed by atoms with van der Waals surface area (Å²) in [6.07, 6.45) is 2.25. The lowest BCUT2D eigenvalue weighted by Gasteiger charge is -2.08. The Morgan fingerprint density at radius 2 is 1.73 bits per heavy atom. The van der Waals surface area contributed by atoms with Crippen LogP contribution in [0.5, 0.6) is 0 Å². The van der Waals surface area contributed by atoms with Crippen LogP contribution in [0.3, 0.4) is 0 Å². The number of benzene rings is 2. The molecule has 0 radical (unpaired) electrons. The van der Waals surface area contributed by atoms with Gasteiger partial charge in [-0.3, -0.25) is 4.79 Å². The van der Waals surface area contributed by atoms with Crippen molar-refractivity contribution in [2.45, 2.75) is 19.9 Å². The second-order valence-corrected chi connectivity index (χ2v) is 6.40. The van der Waals surface area contributed by atoms with E-state index in [9.17, 15) is 4.79 Å². The molecule has 3 aromatic rings. The number of halogens is 2. The van der Waals surface area contributed by atoms with Gasteiger partial charge in [0.2, 0.25) is 6.41 Å². The van der Waals surface area contributed by atoms with Crippen molar-refractivity contribution < 1.29 is 4.79 Å². The lowest BCUT2D eigenvalue weighted by molar-refractivity contribution is -0.110. The number of hydrogen-bond donors (Lipinski definition) is 1. The number of hydrogen-bond acceptors (Lipinski definition) is 3. The van der Waals surface area contributed by atoms with E-state index >= 15 is 0 Å². The quantitative estimate of drug-likeness (QED) is 0.621. The van der Waals surface area contributed by atoms with Crippen molar-refractivity contribution in [1.29, 1.82) is 0 Å². The third-order valence-electron chi connectivity index (χ3n) is 3.64. The van der Waals surface area contributed by atoms with Crippen LogP contribution in [0.25, 0.3) is 11.3 Å². The molecule has 0 bridgehead atoms. The molecule has 0 aliphatic rings. The molecule has 1 atom stereocenters. The summed E-state index contributed by atoms with van der Waals surface area (Å²) in [5.74, 6) is 0. The fraction of sp³-hybridized carbons (Fsp3) is 0.150. The fourth-order valence-electron chi connectivity index (χ4n) is 2.21. The first-order valence-electron chi connectivity index (χ1n) is 8.00. The van der Waals surface area contributed by atoms with Gasteiger partial charge in [0.1, 0.15) is 6.33 Å². The Morgan fingerprint density at radius 1 is 1.00 bits per heavy atom. The molecule has 6 heteroatoms. The Balaban J connectivity index is 0.000000197. The third-order valence-corrected chi connectivity index (χ3v) is 4.38. The maximum Gasteiger partial charge on any atom is 0.207 e. The second-order valence-electron chi connectivity index (χ2n) is 5.59. The third kappa shape index (κ3) is 5.83. The van der Waals surface area contributed by atoms with E-state index in [1.165, 1.54) is 6.33 Å². The molecule has 2 aromatic carbocycles. The Morgan fingerprint density at radius 3 is 2.35 bits per heavy atom. The molecule has 1 aromatic heterocycles. The summed E-state index contributed by atoms with van der Waals surface area (Å²) < 4.78 is 0. The van der Waals surface area contributed by atoms with Gasteiger partial charge in [0, 0.05) is 11.3 Å². The molecule has 4 nitrogen and oxygen atoms in total. The van der Waals surface area contributed by atoms with Crippen molar-refractivity contribution >= 4 is 29.6 Å². The summed E-state index contributed by atoms with van der Waals surface area (Å²) >= 11 is 11.8. The van der Waals surface area contributed by atoms with Crippen molar-refractivity contribution in [3.05, 3.63) is 82.2 Å². The molecule has 1 unspecified atom stereocenters. The highest BCUT2D eigenvalue weighted by Crippen LogP contribution is 2.27. The lowest BCUT2D eigenvalue weighted by atomic mass is 10.1. The van der Waals surface area contributed by atoms with Crippen molar-refractivity contribution in [1.82, 2.24) is 15.3 Å². The lowest BCUT2D eigenvalue weighted by Crippen LogP contribution is -2.15. The highest BCUT2D eigenvalue weighted by Gasteiger charge is 2.03. The van der Waals surface area contributed by atoms with Crippen molar-refractivity contribution in [2.75, 3.05) is 0 Å². The number of amides is 1. The van der Waals surface area contributed by atoms with Crippen LogP contribution in [-0.2, 0) is 4.79 Å². The van der Waals surface area contributed by atoms with E-state index in [1.807, 2.05) is 56.3 Å². The number of aromatic nitrogens is 2. The molecular formula is C20H19Cl2N3O. The molecule has 26 heavy (non-hydrogen) atoms. The van der Waals surface area contributed by atoms with Gasteiger partial charge >= 0.3 is 0 Å². The average Bonchev–Trinajstić information content (AvgIpc) is 2.65. The molecule has 0 saturated carbocycles. The number of rotatable bonds is 4. The molecule has 0 saturated heterocycles. The number of aryl methyl sites for hydroxylation is 1. The highest BCUT2D eigenvalue weighted by molar-refractivity contribution is 6.42. The van der Waals surface area contributed by atoms with E-state index in [-0.39, 0.29) is 6.04 Å². The van der Waals surface area contributed by atoms with Crippen LogP contribution in [0, 0.1) is 6.92 Å². The molecule has 1 N–H and O–H groups in total. The monoisotopic (exact) mass is 387 g/mol. The molecule has 0 fully saturated rings. The second kappa shape index (κ2) is 9.90. The Bertz CT molecular complexity index is 857. The summed E-state index contributed by atoms with van der Waals surface area (Å²) in [6, 6.07) is 17.3. The maximum absolute atomic E-state index is 10.1. The van der Waals surface area contributed by atoms with E-state index in [4.69, 9.17) is 23.2 Å². The molecule has 1 amide bonds. The zero-order valence-electron chi connectivity index (χ0n) is 14.5. The molecule has 134 valence electrons. The van der Waals surface area contributed by atoms with E-state index in [2.05, 4.69) is 15.3 Å². The van der Waals surface area contributed by atoms with Crippen molar-refractivity contribution in [2.24, 2.45) is 0 Å². The zero-order valence-corrected chi connectivity index (χ0v) is 16.0. The van der Waals surface area contributed by atoms with Crippen LogP contribution < -0.4 is 5.32 Å². The van der Waals surface area contributed by atoms with Crippen LogP contribution in [0.15, 0.2) is 60.9 Å². The molecule has 0 aliphatic heterocycles. The number of carbonyl (C=O) groups is 1. The Kier molecular flexibility index (Phi) is 7.57. The van der Waals surface area contributed by atoms with Crippen molar-refractivity contribution in [3.63, 3.8) is 0 Å². The predicted molar refractivity (Wildman–Crippen MR) is 106 cm³/mol. The topological polar surface area (TPSA) is 54.9 Å². The van der Waals surface area contributed by atoms with Gasteiger partial charge in [0.25, 0.3) is 0 Å². The molecule has 0 aliphatic carbocycles. The zero-order chi connectivity index (χ0) is 18.9. The minimum atomic E-state index is 0.105. The van der Waals surface area contributed by atoms with Crippen LogP contribution in [0.1, 0.15) is 24.2 Å². The van der Waals surface area contributed by atoms with Gasteiger partial charge in [0.05, 0.1) is 21.8 Å². The minimum Gasteiger partial charge on any atom is -0.352 e. The van der Waals surface area contributed by atoms with Gasteiger partial charge in [-0.2, -0.15) is 0 Å². The number of nitrogens with one attached hydrogen (secondary N) is 1. The molecule has 1 heterocycles. The first kappa shape index (κ1) is 19.9. The highest BCUT2D eigenvalue weighted by atomic mass is 35.5. The van der Waals surface area contributed by atoms with Gasteiger partial charge in [-0.1, -0.05) is 59.6 Å². The smallest absolute Gasteiger partial charge is 0.207 e. The van der Waals surface area contributed by atoms with Gasteiger partial charge < -0.3 is 5.32 Å². The normalized spacial score (nSPS) is 11.1. The minimum absolute atomic E-state index is 0.105. The Hall–Kier alpha value is -2.43.